The summed E-state index contributed by atoms with van der Waals surface area (Å²) in [5.41, 5.74) is 3.31. The van der Waals surface area contributed by atoms with Crippen LogP contribution in [0.5, 0.6) is 0 Å². The van der Waals surface area contributed by atoms with E-state index in [2.05, 4.69) is 16.0 Å². The van der Waals surface area contributed by atoms with E-state index in [1.807, 2.05) is 43.3 Å². The van der Waals surface area contributed by atoms with Crippen LogP contribution in [0, 0.1) is 6.92 Å². The summed E-state index contributed by atoms with van der Waals surface area (Å²) in [6.45, 7) is 3.79. The SMILES string of the molecule is Cc1cccc(NC(=O)C(C)Nc2ccc(C(=O)NC3CC3)cc2)c1. The van der Waals surface area contributed by atoms with E-state index in [9.17, 15) is 9.59 Å². The molecule has 1 aliphatic rings. The molecule has 0 saturated heterocycles. The molecule has 25 heavy (non-hydrogen) atoms. The van der Waals surface area contributed by atoms with E-state index in [1.54, 1.807) is 19.1 Å². The van der Waals surface area contributed by atoms with Crippen LogP contribution in [-0.4, -0.2) is 23.9 Å². The van der Waals surface area contributed by atoms with E-state index in [0.717, 1.165) is 29.8 Å². The normalized spacial score (nSPS) is 14.5. The standard InChI is InChI=1S/C20H23N3O2/c1-13-4-3-5-18(12-13)23-19(24)14(2)21-16-8-6-15(7-9-16)20(25)22-17-10-11-17/h3-9,12,14,17,21H,10-11H2,1-2H3,(H,22,25)(H,23,24). The zero-order valence-corrected chi connectivity index (χ0v) is 14.5. The zero-order valence-electron chi connectivity index (χ0n) is 14.5. The van der Waals surface area contributed by atoms with E-state index in [1.165, 1.54) is 0 Å². The number of carbonyl (C=O) groups excluding carboxylic acids is 2. The molecule has 1 fully saturated rings. The molecule has 1 atom stereocenters. The fourth-order valence-corrected chi connectivity index (χ4v) is 2.50. The van der Waals surface area contributed by atoms with E-state index >= 15 is 0 Å². The summed E-state index contributed by atoms with van der Waals surface area (Å²) < 4.78 is 0. The number of anilines is 2. The van der Waals surface area contributed by atoms with Crippen LogP contribution in [0.2, 0.25) is 0 Å². The zero-order chi connectivity index (χ0) is 17.8. The van der Waals surface area contributed by atoms with Crippen LogP contribution < -0.4 is 16.0 Å². The third-order valence-corrected chi connectivity index (χ3v) is 4.12. The van der Waals surface area contributed by atoms with Crippen molar-refractivity contribution in [2.75, 3.05) is 10.6 Å². The van der Waals surface area contributed by atoms with Crippen molar-refractivity contribution in [1.82, 2.24) is 5.32 Å². The minimum absolute atomic E-state index is 0.0423. The minimum Gasteiger partial charge on any atom is -0.374 e. The van der Waals surface area contributed by atoms with Crippen molar-refractivity contribution in [3.8, 4) is 0 Å². The van der Waals surface area contributed by atoms with Crippen molar-refractivity contribution in [3.63, 3.8) is 0 Å². The average Bonchev–Trinajstić information content (AvgIpc) is 3.39. The number of benzene rings is 2. The largest absolute Gasteiger partial charge is 0.374 e. The number of amides is 2. The third-order valence-electron chi connectivity index (χ3n) is 4.12. The van der Waals surface area contributed by atoms with Crippen LogP contribution in [0.15, 0.2) is 48.5 Å². The van der Waals surface area contributed by atoms with Gasteiger partial charge in [0, 0.05) is 23.0 Å². The van der Waals surface area contributed by atoms with Crippen molar-refractivity contribution in [2.24, 2.45) is 0 Å². The first kappa shape index (κ1) is 17.0. The number of aryl methyl sites for hydroxylation is 1. The molecule has 3 N–H and O–H groups in total. The van der Waals surface area contributed by atoms with Crippen LogP contribution in [0.4, 0.5) is 11.4 Å². The summed E-state index contributed by atoms with van der Waals surface area (Å²) in [7, 11) is 0. The monoisotopic (exact) mass is 337 g/mol. The Kier molecular flexibility index (Phi) is 5.03. The molecule has 2 amide bonds. The predicted octanol–water partition coefficient (Wildman–Crippen LogP) is 3.33. The Labute approximate surface area is 147 Å². The Morgan fingerprint density at radius 2 is 1.76 bits per heavy atom. The molecule has 130 valence electrons. The van der Waals surface area contributed by atoms with E-state index in [4.69, 9.17) is 0 Å². The van der Waals surface area contributed by atoms with Crippen LogP contribution in [0.25, 0.3) is 0 Å². The van der Waals surface area contributed by atoms with Gasteiger partial charge in [0.15, 0.2) is 0 Å². The summed E-state index contributed by atoms with van der Waals surface area (Å²) in [6, 6.07) is 14.8. The van der Waals surface area contributed by atoms with Crippen LogP contribution in [0.1, 0.15) is 35.7 Å². The van der Waals surface area contributed by atoms with Crippen LogP contribution in [0.3, 0.4) is 0 Å². The lowest BCUT2D eigenvalue weighted by atomic mass is 10.1. The van der Waals surface area contributed by atoms with E-state index in [0.29, 0.717) is 11.6 Å². The van der Waals surface area contributed by atoms with Crippen molar-refractivity contribution in [1.29, 1.82) is 0 Å². The summed E-state index contributed by atoms with van der Waals surface area (Å²) >= 11 is 0. The highest BCUT2D eigenvalue weighted by Gasteiger charge is 2.23. The van der Waals surface area contributed by atoms with Gasteiger partial charge in [-0.05, 0) is 68.7 Å². The highest BCUT2D eigenvalue weighted by molar-refractivity contribution is 5.97. The molecule has 0 spiro atoms. The third kappa shape index (κ3) is 4.83. The van der Waals surface area contributed by atoms with Crippen molar-refractivity contribution < 1.29 is 9.59 Å². The fraction of sp³-hybridized carbons (Fsp3) is 0.300. The van der Waals surface area contributed by atoms with Gasteiger partial charge in [-0.25, -0.2) is 0 Å². The second kappa shape index (κ2) is 7.38. The van der Waals surface area contributed by atoms with Gasteiger partial charge in [0.1, 0.15) is 6.04 Å². The molecular weight excluding hydrogens is 314 g/mol. The summed E-state index contributed by atoms with van der Waals surface area (Å²) in [6.07, 6.45) is 2.14. The van der Waals surface area contributed by atoms with Gasteiger partial charge in [-0.3, -0.25) is 9.59 Å². The molecular formula is C20H23N3O2. The van der Waals surface area contributed by atoms with E-state index in [-0.39, 0.29) is 11.8 Å². The Morgan fingerprint density at radius 3 is 2.40 bits per heavy atom. The number of hydrogen-bond acceptors (Lipinski definition) is 3. The van der Waals surface area contributed by atoms with Crippen LogP contribution in [-0.2, 0) is 4.79 Å². The van der Waals surface area contributed by atoms with Gasteiger partial charge >= 0.3 is 0 Å². The van der Waals surface area contributed by atoms with Gasteiger partial charge in [0.2, 0.25) is 5.91 Å². The maximum atomic E-state index is 12.3. The molecule has 1 aliphatic carbocycles. The molecule has 0 heterocycles. The highest BCUT2D eigenvalue weighted by Crippen LogP contribution is 2.20. The fourth-order valence-electron chi connectivity index (χ4n) is 2.50. The van der Waals surface area contributed by atoms with Gasteiger partial charge in [-0.15, -0.1) is 0 Å². The highest BCUT2D eigenvalue weighted by atomic mass is 16.2. The molecule has 0 aromatic heterocycles. The molecule has 2 aromatic rings. The molecule has 0 radical (unpaired) electrons. The van der Waals surface area contributed by atoms with Crippen molar-refractivity contribution >= 4 is 23.2 Å². The topological polar surface area (TPSA) is 70.2 Å². The first-order chi connectivity index (χ1) is 12.0. The van der Waals surface area contributed by atoms with Gasteiger partial charge in [0.05, 0.1) is 0 Å². The summed E-state index contributed by atoms with van der Waals surface area (Å²) in [5.74, 6) is -0.152. The Bertz CT molecular complexity index is 767. The molecule has 2 aromatic carbocycles. The first-order valence-electron chi connectivity index (χ1n) is 8.56. The van der Waals surface area contributed by atoms with Gasteiger partial charge in [-0.1, -0.05) is 12.1 Å². The lowest BCUT2D eigenvalue weighted by molar-refractivity contribution is -0.116. The Balaban J connectivity index is 1.55. The maximum absolute atomic E-state index is 12.3. The molecule has 1 unspecified atom stereocenters. The van der Waals surface area contributed by atoms with Gasteiger partial charge < -0.3 is 16.0 Å². The molecule has 5 nitrogen and oxygen atoms in total. The number of carbonyl (C=O) groups is 2. The first-order valence-corrected chi connectivity index (χ1v) is 8.56. The second-order valence-corrected chi connectivity index (χ2v) is 6.55. The number of rotatable bonds is 6. The lowest BCUT2D eigenvalue weighted by Crippen LogP contribution is -2.32. The lowest BCUT2D eigenvalue weighted by Gasteiger charge is -2.16. The van der Waals surface area contributed by atoms with Crippen molar-refractivity contribution in [2.45, 2.75) is 38.8 Å². The predicted molar refractivity (Wildman–Crippen MR) is 99.8 cm³/mol. The molecule has 1 saturated carbocycles. The molecule has 0 bridgehead atoms. The quantitative estimate of drug-likeness (QED) is 0.757. The number of hydrogen-bond donors (Lipinski definition) is 3. The van der Waals surface area contributed by atoms with E-state index < -0.39 is 6.04 Å². The summed E-state index contributed by atoms with van der Waals surface area (Å²) in [5, 5.41) is 9.00. The molecule has 0 aliphatic heterocycles. The summed E-state index contributed by atoms with van der Waals surface area (Å²) in [4.78, 5) is 24.3. The second-order valence-electron chi connectivity index (χ2n) is 6.55. The molecule has 5 heteroatoms. The molecule has 3 rings (SSSR count). The smallest absolute Gasteiger partial charge is 0.251 e. The maximum Gasteiger partial charge on any atom is 0.251 e. The Morgan fingerprint density at radius 1 is 1.04 bits per heavy atom. The average molecular weight is 337 g/mol. The van der Waals surface area contributed by atoms with Crippen molar-refractivity contribution in [3.05, 3.63) is 59.7 Å². The minimum atomic E-state index is -0.397. The van der Waals surface area contributed by atoms with Gasteiger partial charge in [0.25, 0.3) is 5.91 Å². The van der Waals surface area contributed by atoms with Gasteiger partial charge in [-0.2, -0.15) is 0 Å². The number of nitrogens with one attached hydrogen (secondary N) is 3. The Hall–Kier alpha value is -2.82. The van der Waals surface area contributed by atoms with Crippen LogP contribution >= 0.6 is 0 Å².